The van der Waals surface area contributed by atoms with Crippen LogP contribution in [0.5, 0.6) is 0 Å². The van der Waals surface area contributed by atoms with E-state index in [2.05, 4.69) is 41.3 Å². The predicted octanol–water partition coefficient (Wildman–Crippen LogP) is 3.36. The van der Waals surface area contributed by atoms with Gasteiger partial charge < -0.3 is 5.32 Å². The van der Waals surface area contributed by atoms with Crippen LogP contribution in [0.4, 0.5) is 16.0 Å². The number of benzene rings is 1. The number of nitrogens with one attached hydrogen (secondary N) is 1. The molecule has 1 aromatic carbocycles. The first-order valence-electron chi connectivity index (χ1n) is 5.75. The molecule has 6 nitrogen and oxygen atoms in total. The van der Waals surface area contributed by atoms with Crippen molar-refractivity contribution in [1.82, 2.24) is 24.7 Å². The highest BCUT2D eigenvalue weighted by atomic mass is 79.9. The molecule has 0 bridgehead atoms. The monoisotopic (exact) mass is 368 g/mol. The van der Waals surface area contributed by atoms with Crippen LogP contribution in [0.3, 0.4) is 0 Å². The summed E-state index contributed by atoms with van der Waals surface area (Å²) in [5.74, 6) is 0.161. The summed E-state index contributed by atoms with van der Waals surface area (Å²) in [7, 11) is 0. The Morgan fingerprint density at radius 2 is 2.10 bits per heavy atom. The molecule has 3 rings (SSSR count). The molecule has 0 fully saturated rings. The molecule has 0 saturated carbocycles. The molecule has 0 radical (unpaired) electrons. The second-order valence-electron chi connectivity index (χ2n) is 3.93. The first kappa shape index (κ1) is 13.9. The lowest BCUT2D eigenvalue weighted by atomic mass is 10.3. The molecule has 0 unspecified atom stereocenters. The van der Waals surface area contributed by atoms with E-state index < -0.39 is 0 Å². The average molecular weight is 370 g/mol. The second-order valence-corrected chi connectivity index (χ2v) is 5.12. The van der Waals surface area contributed by atoms with Crippen LogP contribution < -0.4 is 5.32 Å². The molecule has 0 amide bonds. The summed E-state index contributed by atoms with van der Waals surface area (Å²) in [5, 5.41) is 6.98. The van der Waals surface area contributed by atoms with Gasteiger partial charge in [0.05, 0.1) is 4.47 Å². The van der Waals surface area contributed by atoms with E-state index in [1.54, 1.807) is 30.6 Å². The van der Waals surface area contributed by atoms with Crippen LogP contribution in [0.1, 0.15) is 0 Å². The fourth-order valence-electron chi connectivity index (χ4n) is 1.59. The minimum Gasteiger partial charge on any atom is -0.324 e. The van der Waals surface area contributed by atoms with Gasteiger partial charge in [-0.3, -0.25) is 0 Å². The molecule has 0 atom stereocenters. The SMILES string of the molecule is Fc1ccc(Nc2nc(Cl)nc(-n3cccn3)n2)cc1Br. The molecule has 0 aliphatic rings. The molecule has 0 spiro atoms. The Morgan fingerprint density at radius 3 is 2.81 bits per heavy atom. The lowest BCUT2D eigenvalue weighted by molar-refractivity contribution is 0.621. The summed E-state index contributed by atoms with van der Waals surface area (Å²) in [6.45, 7) is 0. The quantitative estimate of drug-likeness (QED) is 0.767. The summed E-state index contributed by atoms with van der Waals surface area (Å²) in [5.41, 5.74) is 0.608. The number of rotatable bonds is 3. The summed E-state index contributed by atoms with van der Waals surface area (Å²) in [6, 6.07) is 6.19. The summed E-state index contributed by atoms with van der Waals surface area (Å²) in [6.07, 6.45) is 3.28. The Balaban J connectivity index is 1.93. The van der Waals surface area contributed by atoms with Crippen molar-refractivity contribution in [2.75, 3.05) is 5.32 Å². The Hall–Kier alpha value is -2.06. The van der Waals surface area contributed by atoms with Crippen LogP contribution in [0.25, 0.3) is 5.95 Å². The van der Waals surface area contributed by atoms with Gasteiger partial charge in [-0.05, 0) is 51.8 Å². The number of anilines is 2. The Labute approximate surface area is 132 Å². The summed E-state index contributed by atoms with van der Waals surface area (Å²) in [4.78, 5) is 12.2. The van der Waals surface area contributed by atoms with Crippen LogP contribution >= 0.6 is 27.5 Å². The van der Waals surface area contributed by atoms with Crippen molar-refractivity contribution >= 4 is 39.2 Å². The molecule has 0 aliphatic heterocycles. The average Bonchev–Trinajstić information content (AvgIpc) is 2.96. The molecule has 1 N–H and O–H groups in total. The highest BCUT2D eigenvalue weighted by Crippen LogP contribution is 2.22. The number of hydrogen-bond acceptors (Lipinski definition) is 5. The van der Waals surface area contributed by atoms with E-state index in [0.717, 1.165) is 0 Å². The maximum atomic E-state index is 13.2. The summed E-state index contributed by atoms with van der Waals surface area (Å²) >= 11 is 8.99. The van der Waals surface area contributed by atoms with Gasteiger partial charge in [0, 0.05) is 18.1 Å². The molecule has 2 heterocycles. The number of nitrogens with zero attached hydrogens (tertiary/aromatic N) is 5. The van der Waals surface area contributed by atoms with Crippen molar-refractivity contribution in [3.05, 3.63) is 52.2 Å². The number of halogens is 3. The van der Waals surface area contributed by atoms with Gasteiger partial charge in [-0.25, -0.2) is 9.07 Å². The first-order chi connectivity index (χ1) is 10.1. The van der Waals surface area contributed by atoms with Gasteiger partial charge in [0.1, 0.15) is 5.82 Å². The second kappa shape index (κ2) is 5.74. The first-order valence-corrected chi connectivity index (χ1v) is 6.92. The lowest BCUT2D eigenvalue weighted by Gasteiger charge is -2.07. The molecule has 3 aromatic rings. The molecular weight excluding hydrogens is 363 g/mol. The third-order valence-electron chi connectivity index (χ3n) is 2.48. The standard InChI is InChI=1S/C12H7BrClFN6/c13-8-6-7(2-3-9(8)15)17-11-18-10(14)19-12(20-11)21-5-1-4-16-21/h1-6H,(H,17,18,19,20). The van der Waals surface area contributed by atoms with Crippen LogP contribution in [-0.4, -0.2) is 24.7 Å². The van der Waals surface area contributed by atoms with Crippen molar-refractivity contribution in [3.63, 3.8) is 0 Å². The highest BCUT2D eigenvalue weighted by molar-refractivity contribution is 9.10. The third kappa shape index (κ3) is 3.17. The van der Waals surface area contributed by atoms with Gasteiger partial charge in [-0.1, -0.05) is 0 Å². The molecule has 2 aromatic heterocycles. The molecule has 0 aliphatic carbocycles. The Kier molecular flexibility index (Phi) is 3.80. The van der Waals surface area contributed by atoms with Gasteiger partial charge >= 0.3 is 0 Å². The lowest BCUT2D eigenvalue weighted by Crippen LogP contribution is -2.07. The maximum Gasteiger partial charge on any atom is 0.256 e. The molecule has 106 valence electrons. The zero-order valence-electron chi connectivity index (χ0n) is 10.3. The van der Waals surface area contributed by atoms with E-state index in [1.807, 2.05) is 0 Å². The number of hydrogen-bond donors (Lipinski definition) is 1. The van der Waals surface area contributed by atoms with E-state index >= 15 is 0 Å². The third-order valence-corrected chi connectivity index (χ3v) is 3.26. The highest BCUT2D eigenvalue weighted by Gasteiger charge is 2.08. The van der Waals surface area contributed by atoms with Crippen molar-refractivity contribution in [2.24, 2.45) is 0 Å². The van der Waals surface area contributed by atoms with Gasteiger partial charge in [0.15, 0.2) is 0 Å². The van der Waals surface area contributed by atoms with E-state index in [9.17, 15) is 4.39 Å². The summed E-state index contributed by atoms with van der Waals surface area (Å²) < 4.78 is 15.0. The van der Waals surface area contributed by atoms with Gasteiger partial charge in [-0.2, -0.15) is 20.1 Å². The van der Waals surface area contributed by atoms with Gasteiger partial charge in [-0.15, -0.1) is 0 Å². The van der Waals surface area contributed by atoms with Crippen molar-refractivity contribution in [2.45, 2.75) is 0 Å². The Morgan fingerprint density at radius 1 is 1.24 bits per heavy atom. The number of aromatic nitrogens is 5. The van der Waals surface area contributed by atoms with Crippen molar-refractivity contribution < 1.29 is 4.39 Å². The fraction of sp³-hybridized carbons (Fsp3) is 0. The van der Waals surface area contributed by atoms with Crippen molar-refractivity contribution in [1.29, 1.82) is 0 Å². The van der Waals surface area contributed by atoms with Gasteiger partial charge in [0.25, 0.3) is 5.95 Å². The molecule has 0 saturated heterocycles. The smallest absolute Gasteiger partial charge is 0.256 e. The van der Waals surface area contributed by atoms with E-state index in [0.29, 0.717) is 10.2 Å². The van der Waals surface area contributed by atoms with E-state index in [4.69, 9.17) is 11.6 Å². The van der Waals surface area contributed by atoms with E-state index in [-0.39, 0.29) is 23.0 Å². The molecule has 9 heteroatoms. The van der Waals surface area contributed by atoms with Crippen LogP contribution in [-0.2, 0) is 0 Å². The zero-order valence-corrected chi connectivity index (χ0v) is 12.7. The molecular formula is C12H7BrClFN6. The molecule has 21 heavy (non-hydrogen) atoms. The Bertz CT molecular complexity index is 779. The van der Waals surface area contributed by atoms with E-state index in [1.165, 1.54) is 10.7 Å². The van der Waals surface area contributed by atoms with Crippen LogP contribution in [0, 0.1) is 5.82 Å². The maximum absolute atomic E-state index is 13.2. The van der Waals surface area contributed by atoms with Crippen LogP contribution in [0.2, 0.25) is 5.28 Å². The minimum atomic E-state index is -0.355. The zero-order chi connectivity index (χ0) is 14.8. The normalized spacial score (nSPS) is 10.6. The largest absolute Gasteiger partial charge is 0.324 e. The van der Waals surface area contributed by atoms with Gasteiger partial charge in [0.2, 0.25) is 11.2 Å². The topological polar surface area (TPSA) is 68.5 Å². The minimum absolute atomic E-state index is 0.0270. The fourth-order valence-corrected chi connectivity index (χ4v) is 2.12. The van der Waals surface area contributed by atoms with Crippen LogP contribution in [0.15, 0.2) is 41.1 Å². The van der Waals surface area contributed by atoms with Crippen molar-refractivity contribution in [3.8, 4) is 5.95 Å². The predicted molar refractivity (Wildman–Crippen MR) is 79.3 cm³/mol.